The quantitative estimate of drug-likeness (QED) is 0.412. The first kappa shape index (κ1) is 15.0. The van der Waals surface area contributed by atoms with Crippen molar-refractivity contribution in [2.75, 3.05) is 14.2 Å². The van der Waals surface area contributed by atoms with Crippen LogP contribution in [-0.2, 0) is 9.47 Å². The van der Waals surface area contributed by atoms with Gasteiger partial charge in [-0.2, -0.15) is 0 Å². The molecule has 0 aromatic carbocycles. The Morgan fingerprint density at radius 3 is 1.43 bits per heavy atom. The zero-order valence-electron chi connectivity index (χ0n) is 7.08. The van der Waals surface area contributed by atoms with Crippen LogP contribution in [0.25, 0.3) is 0 Å². The molecule has 10 heteroatoms. The van der Waals surface area contributed by atoms with Crippen LogP contribution in [0.2, 0.25) is 0 Å². The van der Waals surface area contributed by atoms with Gasteiger partial charge in [-0.1, -0.05) is 0 Å². The Morgan fingerprint density at radius 1 is 0.786 bits per heavy atom. The molecule has 0 rings (SSSR count). The predicted molar refractivity (Wildman–Crippen MR) is 70.4 cm³/mol. The molecule has 0 radical (unpaired) electrons. The maximum atomic E-state index is 10.6. The minimum Gasteiger partial charge on any atom is -0.460 e. The zero-order valence-corrected chi connectivity index (χ0v) is 12.0. The lowest BCUT2D eigenvalue weighted by Gasteiger charge is -1.97. The minimum atomic E-state index is -0.339. The first-order valence-electron chi connectivity index (χ1n) is 2.87. The van der Waals surface area contributed by atoms with E-state index in [9.17, 15) is 9.59 Å². The molecule has 0 saturated heterocycles. The first-order chi connectivity index (χ1) is 6.70. The van der Waals surface area contributed by atoms with Gasteiger partial charge < -0.3 is 9.47 Å². The number of hydrogen-bond acceptors (Lipinski definition) is 10. The highest BCUT2D eigenvalue weighted by Gasteiger charge is 2.05. The fourth-order valence-electron chi connectivity index (χ4n) is 0.174. The van der Waals surface area contributed by atoms with Crippen molar-refractivity contribution in [3.05, 3.63) is 0 Å². The molecular weight excluding hydrogens is 304 g/mol. The minimum absolute atomic E-state index is 0.339. The highest BCUT2D eigenvalue weighted by atomic mass is 33.9. The van der Waals surface area contributed by atoms with Gasteiger partial charge in [0.2, 0.25) is 0 Å². The van der Waals surface area contributed by atoms with E-state index >= 15 is 0 Å². The summed E-state index contributed by atoms with van der Waals surface area (Å²) >= 11 is 0. The van der Waals surface area contributed by atoms with Gasteiger partial charge in [0.15, 0.2) is 0 Å². The third-order valence-electron chi connectivity index (χ3n) is 0.621. The molecule has 0 bridgehead atoms. The number of carbonyl (C=O) groups excluding carboxylic acids is 2. The number of ether oxygens (including phenoxy) is 2. The van der Waals surface area contributed by atoms with E-state index in [1.54, 1.807) is 0 Å². The van der Waals surface area contributed by atoms with Crippen molar-refractivity contribution in [3.63, 3.8) is 0 Å². The van der Waals surface area contributed by atoms with Crippen molar-refractivity contribution in [2.24, 2.45) is 0 Å². The van der Waals surface area contributed by atoms with E-state index in [0.717, 1.165) is 21.6 Å². The van der Waals surface area contributed by atoms with Crippen LogP contribution in [0.3, 0.4) is 0 Å². The molecule has 0 aromatic rings. The van der Waals surface area contributed by atoms with Gasteiger partial charge in [-0.05, 0) is 39.3 Å². The standard InChI is InChI=1S/C4H6O4S6/c1-7-3(5)9-11-13-14-12-10-4(6)8-2/h1-2H3. The summed E-state index contributed by atoms with van der Waals surface area (Å²) in [5.41, 5.74) is 0. The second-order valence-corrected chi connectivity index (χ2v) is 10.4. The molecule has 0 unspecified atom stereocenters. The average molecular weight is 310 g/mol. The summed E-state index contributed by atoms with van der Waals surface area (Å²) in [5.74, 6) is 0. The van der Waals surface area contributed by atoms with Crippen molar-refractivity contribution >= 4 is 71.5 Å². The van der Waals surface area contributed by atoms with Gasteiger partial charge in [-0.15, -0.1) is 0 Å². The number of methoxy groups -OCH3 is 2. The highest BCUT2D eigenvalue weighted by Crippen LogP contribution is 2.52. The molecule has 0 aliphatic heterocycles. The Hall–Kier alpha value is 1.04. The Morgan fingerprint density at radius 2 is 1.14 bits per heavy atom. The average Bonchev–Trinajstić information content (AvgIpc) is 2.22. The van der Waals surface area contributed by atoms with Gasteiger partial charge in [-0.25, -0.2) is 9.59 Å². The second-order valence-electron chi connectivity index (χ2n) is 1.35. The summed E-state index contributed by atoms with van der Waals surface area (Å²) in [6, 6.07) is 0. The fourth-order valence-corrected chi connectivity index (χ4v) is 9.87. The lowest BCUT2D eigenvalue weighted by Crippen LogP contribution is -1.85. The molecule has 0 aliphatic carbocycles. The maximum Gasteiger partial charge on any atom is 0.378 e. The Balaban J connectivity index is 3.14. The third-order valence-corrected chi connectivity index (χ3v) is 10.5. The molecule has 0 fully saturated rings. The monoisotopic (exact) mass is 310 g/mol. The van der Waals surface area contributed by atoms with E-state index in [0.29, 0.717) is 0 Å². The van der Waals surface area contributed by atoms with Crippen LogP contribution >= 0.6 is 60.9 Å². The summed E-state index contributed by atoms with van der Waals surface area (Å²) in [7, 11) is 9.98. The van der Waals surface area contributed by atoms with Gasteiger partial charge in [0, 0.05) is 21.6 Å². The van der Waals surface area contributed by atoms with Crippen LogP contribution in [0.15, 0.2) is 0 Å². The summed E-state index contributed by atoms with van der Waals surface area (Å²) < 4.78 is 8.81. The lowest BCUT2D eigenvalue weighted by molar-refractivity contribution is 0.200. The smallest absolute Gasteiger partial charge is 0.378 e. The van der Waals surface area contributed by atoms with E-state index in [1.807, 2.05) is 0 Å². The van der Waals surface area contributed by atoms with Gasteiger partial charge in [0.25, 0.3) is 0 Å². The van der Waals surface area contributed by atoms with Gasteiger partial charge in [0.1, 0.15) is 0 Å². The number of carbonyl (C=O) groups is 2. The van der Waals surface area contributed by atoms with Crippen LogP contribution in [-0.4, -0.2) is 24.8 Å². The SMILES string of the molecule is COC(=O)SSSSSSC(=O)OC. The van der Waals surface area contributed by atoms with Gasteiger partial charge in [-0.3, -0.25) is 0 Å². The van der Waals surface area contributed by atoms with Crippen LogP contribution in [0.5, 0.6) is 0 Å². The number of rotatable bonds is 5. The Bertz CT molecular complexity index is 167. The molecule has 0 N–H and O–H groups in total. The molecule has 0 aliphatic rings. The highest BCUT2D eigenvalue weighted by molar-refractivity contribution is 9.43. The third kappa shape index (κ3) is 9.59. The second kappa shape index (κ2) is 10.6. The largest absolute Gasteiger partial charge is 0.460 e. The summed E-state index contributed by atoms with van der Waals surface area (Å²) in [5, 5.41) is -0.678. The maximum absolute atomic E-state index is 10.6. The normalized spacial score (nSPS) is 9.57. The summed E-state index contributed by atoms with van der Waals surface area (Å²) in [6.45, 7) is 0. The number of hydrogen-bond donors (Lipinski definition) is 0. The fraction of sp³-hybridized carbons (Fsp3) is 0.500. The van der Waals surface area contributed by atoms with E-state index in [1.165, 1.54) is 53.5 Å². The van der Waals surface area contributed by atoms with Crippen molar-refractivity contribution in [1.82, 2.24) is 0 Å². The van der Waals surface area contributed by atoms with Crippen LogP contribution in [0.1, 0.15) is 0 Å². The Labute approximate surface area is 104 Å². The van der Waals surface area contributed by atoms with E-state index in [4.69, 9.17) is 0 Å². The van der Waals surface area contributed by atoms with Crippen LogP contribution < -0.4 is 0 Å². The van der Waals surface area contributed by atoms with E-state index in [-0.39, 0.29) is 10.6 Å². The summed E-state index contributed by atoms with van der Waals surface area (Å²) in [4.78, 5) is 21.2. The zero-order chi connectivity index (χ0) is 10.8. The van der Waals surface area contributed by atoms with E-state index in [2.05, 4.69) is 9.47 Å². The molecule has 4 nitrogen and oxygen atoms in total. The van der Waals surface area contributed by atoms with Crippen molar-refractivity contribution < 1.29 is 19.1 Å². The molecule has 0 spiro atoms. The molecule has 14 heavy (non-hydrogen) atoms. The topological polar surface area (TPSA) is 52.6 Å². The molecule has 0 aromatic heterocycles. The lowest BCUT2D eigenvalue weighted by atomic mass is 11.5. The molecule has 0 amide bonds. The molecular formula is C4H6O4S6. The van der Waals surface area contributed by atoms with Gasteiger partial charge in [0.05, 0.1) is 14.2 Å². The van der Waals surface area contributed by atoms with Gasteiger partial charge >= 0.3 is 10.6 Å². The van der Waals surface area contributed by atoms with Crippen molar-refractivity contribution in [1.29, 1.82) is 0 Å². The summed E-state index contributed by atoms with van der Waals surface area (Å²) in [6.07, 6.45) is 0. The molecule has 82 valence electrons. The van der Waals surface area contributed by atoms with Crippen molar-refractivity contribution in [3.8, 4) is 0 Å². The molecule has 0 heterocycles. The molecule has 0 saturated carbocycles. The van der Waals surface area contributed by atoms with Crippen molar-refractivity contribution in [2.45, 2.75) is 0 Å². The molecule has 0 atom stereocenters. The van der Waals surface area contributed by atoms with Crippen LogP contribution in [0.4, 0.5) is 9.59 Å². The van der Waals surface area contributed by atoms with Crippen LogP contribution in [0, 0.1) is 0 Å². The Kier molecular flexibility index (Phi) is 11.3. The van der Waals surface area contributed by atoms with E-state index < -0.39 is 0 Å². The predicted octanol–water partition coefficient (Wildman–Crippen LogP) is 4.49. The first-order valence-corrected chi connectivity index (χ1v) is 10.4.